The van der Waals surface area contributed by atoms with Crippen molar-refractivity contribution in [1.29, 1.82) is 0 Å². The Bertz CT molecular complexity index is 257. The minimum Gasteiger partial charge on any atom is -0.361 e. The molecule has 1 atom stereocenters. The van der Waals surface area contributed by atoms with Crippen molar-refractivity contribution in [3.8, 4) is 0 Å². The first-order chi connectivity index (χ1) is 5.92. The van der Waals surface area contributed by atoms with Crippen LogP contribution < -0.4 is 5.73 Å². The molecule has 1 aliphatic carbocycles. The van der Waals surface area contributed by atoms with Gasteiger partial charge in [0.25, 0.3) is 0 Å². The van der Waals surface area contributed by atoms with Crippen molar-refractivity contribution < 1.29 is 4.52 Å². The first kappa shape index (κ1) is 7.80. The topological polar surface area (TPSA) is 52.0 Å². The normalized spacial score (nSPS) is 22.2. The van der Waals surface area contributed by atoms with Gasteiger partial charge in [0, 0.05) is 11.5 Å². The molecule has 2 N–H and O–H groups in total. The summed E-state index contributed by atoms with van der Waals surface area (Å²) in [5, 5.41) is 3.82. The van der Waals surface area contributed by atoms with Gasteiger partial charge in [0.1, 0.15) is 5.76 Å². The highest BCUT2D eigenvalue weighted by atomic mass is 16.5. The van der Waals surface area contributed by atoms with E-state index in [0.717, 1.165) is 25.1 Å². The monoisotopic (exact) mass is 166 g/mol. The summed E-state index contributed by atoms with van der Waals surface area (Å²) in [6.45, 7) is 0.741. The summed E-state index contributed by atoms with van der Waals surface area (Å²) in [7, 11) is 0. The molecule has 0 saturated carbocycles. The minimum absolute atomic E-state index is 0.529. The van der Waals surface area contributed by atoms with Gasteiger partial charge in [0.15, 0.2) is 0 Å². The zero-order chi connectivity index (χ0) is 8.39. The van der Waals surface area contributed by atoms with Gasteiger partial charge in [-0.3, -0.25) is 0 Å². The molecule has 0 saturated heterocycles. The second-order valence-electron chi connectivity index (χ2n) is 3.38. The molecule has 1 aromatic rings. The lowest BCUT2D eigenvalue weighted by Crippen LogP contribution is -2.12. The van der Waals surface area contributed by atoms with E-state index in [1.807, 2.05) is 6.20 Å². The summed E-state index contributed by atoms with van der Waals surface area (Å²) in [5.41, 5.74) is 6.81. The third-order valence-corrected chi connectivity index (χ3v) is 2.56. The number of hydrogen-bond donors (Lipinski definition) is 1. The molecular weight excluding hydrogens is 152 g/mol. The van der Waals surface area contributed by atoms with E-state index in [0.29, 0.717) is 5.92 Å². The Labute approximate surface area is 71.9 Å². The molecule has 0 bridgehead atoms. The predicted octanol–water partition coefficient (Wildman–Crippen LogP) is 1.44. The third kappa shape index (κ3) is 1.25. The Morgan fingerprint density at radius 2 is 2.58 bits per heavy atom. The highest BCUT2D eigenvalue weighted by molar-refractivity contribution is 5.20. The molecule has 1 aromatic heterocycles. The second-order valence-corrected chi connectivity index (χ2v) is 3.38. The van der Waals surface area contributed by atoms with E-state index in [1.54, 1.807) is 0 Å². The maximum Gasteiger partial charge on any atom is 0.143 e. The summed E-state index contributed by atoms with van der Waals surface area (Å²) in [5.74, 6) is 1.62. The fraction of sp³-hybridized carbons (Fsp3) is 0.667. The van der Waals surface area contributed by atoms with Gasteiger partial charge in [-0.2, -0.15) is 0 Å². The minimum atomic E-state index is 0.529. The molecule has 0 fully saturated rings. The average Bonchev–Trinajstić information content (AvgIpc) is 2.53. The van der Waals surface area contributed by atoms with Crippen LogP contribution in [0.4, 0.5) is 0 Å². The van der Waals surface area contributed by atoms with Crippen molar-refractivity contribution >= 4 is 0 Å². The standard InChI is InChI=1S/C9H14N2O/c10-5-4-7-2-1-3-8-6-11-12-9(7)8/h6-7H,1-5,10H2. The first-order valence-corrected chi connectivity index (χ1v) is 4.55. The number of aromatic nitrogens is 1. The highest BCUT2D eigenvalue weighted by Gasteiger charge is 2.23. The Hall–Kier alpha value is -0.830. The Morgan fingerprint density at radius 3 is 3.42 bits per heavy atom. The molecule has 2 rings (SSSR count). The summed E-state index contributed by atoms with van der Waals surface area (Å²) in [4.78, 5) is 0. The lowest BCUT2D eigenvalue weighted by Gasteiger charge is -2.18. The molecule has 0 amide bonds. The van der Waals surface area contributed by atoms with Crippen LogP contribution in [0, 0.1) is 0 Å². The molecule has 0 radical (unpaired) electrons. The lowest BCUT2D eigenvalue weighted by atomic mass is 9.87. The van der Waals surface area contributed by atoms with Crippen LogP contribution in [0.2, 0.25) is 0 Å². The number of fused-ring (bicyclic) bond motifs is 1. The predicted molar refractivity (Wildman–Crippen MR) is 45.9 cm³/mol. The van der Waals surface area contributed by atoms with E-state index in [2.05, 4.69) is 5.16 Å². The highest BCUT2D eigenvalue weighted by Crippen LogP contribution is 2.33. The van der Waals surface area contributed by atoms with Crippen molar-refractivity contribution in [2.24, 2.45) is 5.73 Å². The van der Waals surface area contributed by atoms with Gasteiger partial charge in [0.05, 0.1) is 6.20 Å². The van der Waals surface area contributed by atoms with Crippen LogP contribution in [0.5, 0.6) is 0 Å². The van der Waals surface area contributed by atoms with E-state index >= 15 is 0 Å². The fourth-order valence-electron chi connectivity index (χ4n) is 1.94. The van der Waals surface area contributed by atoms with Crippen LogP contribution in [0.15, 0.2) is 10.7 Å². The maximum atomic E-state index is 5.52. The van der Waals surface area contributed by atoms with Crippen LogP contribution in [0.3, 0.4) is 0 Å². The van der Waals surface area contributed by atoms with Crippen LogP contribution in [-0.2, 0) is 6.42 Å². The summed E-state index contributed by atoms with van der Waals surface area (Å²) in [6.07, 6.45) is 6.46. The van der Waals surface area contributed by atoms with Crippen molar-refractivity contribution in [3.05, 3.63) is 17.5 Å². The van der Waals surface area contributed by atoms with Crippen molar-refractivity contribution in [1.82, 2.24) is 5.16 Å². The molecule has 1 aliphatic rings. The molecule has 0 aliphatic heterocycles. The van der Waals surface area contributed by atoms with Gasteiger partial charge < -0.3 is 10.3 Å². The SMILES string of the molecule is NCCC1CCCc2cnoc21. The quantitative estimate of drug-likeness (QED) is 0.723. The molecule has 66 valence electrons. The molecule has 0 spiro atoms. The van der Waals surface area contributed by atoms with Gasteiger partial charge in [-0.05, 0) is 32.2 Å². The maximum absolute atomic E-state index is 5.52. The molecule has 1 heterocycles. The van der Waals surface area contributed by atoms with Gasteiger partial charge in [-0.25, -0.2) is 0 Å². The molecular formula is C9H14N2O. The van der Waals surface area contributed by atoms with E-state index in [4.69, 9.17) is 10.3 Å². The van der Waals surface area contributed by atoms with Crippen molar-refractivity contribution in [2.75, 3.05) is 6.54 Å². The van der Waals surface area contributed by atoms with Crippen LogP contribution in [0.25, 0.3) is 0 Å². The fourth-order valence-corrected chi connectivity index (χ4v) is 1.94. The smallest absolute Gasteiger partial charge is 0.143 e. The van der Waals surface area contributed by atoms with E-state index in [1.165, 1.54) is 18.4 Å². The van der Waals surface area contributed by atoms with E-state index in [9.17, 15) is 0 Å². The van der Waals surface area contributed by atoms with E-state index < -0.39 is 0 Å². The lowest BCUT2D eigenvalue weighted by molar-refractivity contribution is 0.334. The number of aryl methyl sites for hydroxylation is 1. The Morgan fingerprint density at radius 1 is 1.67 bits per heavy atom. The number of hydrogen-bond acceptors (Lipinski definition) is 3. The van der Waals surface area contributed by atoms with Gasteiger partial charge >= 0.3 is 0 Å². The largest absolute Gasteiger partial charge is 0.361 e. The first-order valence-electron chi connectivity index (χ1n) is 4.55. The summed E-state index contributed by atoms with van der Waals surface area (Å²) in [6, 6.07) is 0. The zero-order valence-corrected chi connectivity index (χ0v) is 7.12. The van der Waals surface area contributed by atoms with Gasteiger partial charge in [0.2, 0.25) is 0 Å². The number of nitrogens with two attached hydrogens (primary N) is 1. The van der Waals surface area contributed by atoms with Crippen molar-refractivity contribution in [3.63, 3.8) is 0 Å². The van der Waals surface area contributed by atoms with Crippen LogP contribution in [0.1, 0.15) is 36.5 Å². The van der Waals surface area contributed by atoms with Gasteiger partial charge in [-0.1, -0.05) is 5.16 Å². The number of nitrogens with zero attached hydrogens (tertiary/aromatic N) is 1. The third-order valence-electron chi connectivity index (χ3n) is 2.56. The van der Waals surface area contributed by atoms with Crippen LogP contribution in [-0.4, -0.2) is 11.7 Å². The molecule has 12 heavy (non-hydrogen) atoms. The van der Waals surface area contributed by atoms with E-state index in [-0.39, 0.29) is 0 Å². The number of rotatable bonds is 2. The second kappa shape index (κ2) is 3.27. The summed E-state index contributed by atoms with van der Waals surface area (Å²) < 4.78 is 5.22. The molecule has 0 aromatic carbocycles. The Kier molecular flexibility index (Phi) is 2.13. The average molecular weight is 166 g/mol. The van der Waals surface area contributed by atoms with Crippen molar-refractivity contribution in [2.45, 2.75) is 31.6 Å². The Balaban J connectivity index is 2.19. The van der Waals surface area contributed by atoms with Gasteiger partial charge in [-0.15, -0.1) is 0 Å². The molecule has 1 unspecified atom stereocenters. The summed E-state index contributed by atoms with van der Waals surface area (Å²) >= 11 is 0. The molecule has 3 heteroatoms. The zero-order valence-electron chi connectivity index (χ0n) is 7.12. The van der Waals surface area contributed by atoms with Crippen LogP contribution >= 0.6 is 0 Å². The molecule has 3 nitrogen and oxygen atoms in total.